The first-order valence-corrected chi connectivity index (χ1v) is 7.11. The van der Waals surface area contributed by atoms with Crippen LogP contribution in [0.4, 0.5) is 4.79 Å². The third-order valence-corrected chi connectivity index (χ3v) is 2.76. The number of hydrogen-bond donors (Lipinski definition) is 2. The largest absolute Gasteiger partial charge is 0.480 e. The highest BCUT2D eigenvalue weighted by Gasteiger charge is 2.23. The van der Waals surface area contributed by atoms with Gasteiger partial charge in [0.05, 0.1) is 5.75 Å². The van der Waals surface area contributed by atoms with Crippen molar-refractivity contribution in [3.05, 3.63) is 0 Å². The molecular formula is C13H21NO4S. The molecule has 1 amide bonds. The number of carbonyl (C=O) groups excluding carboxylic acids is 1. The van der Waals surface area contributed by atoms with Gasteiger partial charge in [-0.1, -0.05) is 5.92 Å². The summed E-state index contributed by atoms with van der Waals surface area (Å²) >= 11 is 1.53. The fourth-order valence-corrected chi connectivity index (χ4v) is 1.90. The molecule has 0 fully saturated rings. The number of amides is 1. The van der Waals surface area contributed by atoms with Crippen LogP contribution in [0.5, 0.6) is 0 Å². The molecule has 0 aliphatic rings. The summed E-state index contributed by atoms with van der Waals surface area (Å²) in [7, 11) is 0. The average molecular weight is 287 g/mol. The molecule has 0 rings (SSSR count). The van der Waals surface area contributed by atoms with Crippen molar-refractivity contribution < 1.29 is 19.4 Å². The monoisotopic (exact) mass is 287 g/mol. The maximum atomic E-state index is 11.5. The highest BCUT2D eigenvalue weighted by atomic mass is 32.2. The smallest absolute Gasteiger partial charge is 0.408 e. The fraction of sp³-hybridized carbons (Fsp3) is 0.692. The standard InChI is InChI=1S/C13H21NO4S/c1-5-6-8-19-9-7-10(11(15)16)14-12(17)18-13(2,3)4/h10H,7-9H2,1-4H3,(H,14,17)(H,15,16). The van der Waals surface area contributed by atoms with Gasteiger partial charge in [-0.25, -0.2) is 9.59 Å². The van der Waals surface area contributed by atoms with Gasteiger partial charge in [0, 0.05) is 0 Å². The zero-order valence-corrected chi connectivity index (χ0v) is 12.6. The van der Waals surface area contributed by atoms with Gasteiger partial charge in [-0.05, 0) is 39.9 Å². The van der Waals surface area contributed by atoms with E-state index in [4.69, 9.17) is 9.84 Å². The summed E-state index contributed by atoms with van der Waals surface area (Å²) in [5.74, 6) is 5.85. The van der Waals surface area contributed by atoms with Gasteiger partial charge >= 0.3 is 12.1 Å². The van der Waals surface area contributed by atoms with Crippen molar-refractivity contribution in [2.45, 2.75) is 45.8 Å². The molecule has 0 spiro atoms. The molecule has 0 aromatic carbocycles. The van der Waals surface area contributed by atoms with Crippen LogP contribution in [-0.4, -0.2) is 40.3 Å². The topological polar surface area (TPSA) is 75.6 Å². The minimum atomic E-state index is -1.06. The molecule has 0 aliphatic heterocycles. The van der Waals surface area contributed by atoms with Crippen LogP contribution in [-0.2, 0) is 9.53 Å². The average Bonchev–Trinajstić information content (AvgIpc) is 2.24. The molecule has 5 nitrogen and oxygen atoms in total. The van der Waals surface area contributed by atoms with Crippen molar-refractivity contribution in [3.8, 4) is 11.8 Å². The van der Waals surface area contributed by atoms with Gasteiger partial charge in [0.1, 0.15) is 11.6 Å². The van der Waals surface area contributed by atoms with Crippen molar-refractivity contribution in [2.24, 2.45) is 0 Å². The quantitative estimate of drug-likeness (QED) is 0.578. The Bertz CT molecular complexity index is 365. The van der Waals surface area contributed by atoms with Crippen LogP contribution in [0.3, 0.4) is 0 Å². The van der Waals surface area contributed by atoms with Gasteiger partial charge in [0.2, 0.25) is 0 Å². The third kappa shape index (κ3) is 10.3. The first kappa shape index (κ1) is 17.6. The first-order valence-electron chi connectivity index (χ1n) is 5.96. The second-order valence-corrected chi connectivity index (χ2v) is 5.91. The van der Waals surface area contributed by atoms with Crippen molar-refractivity contribution in [3.63, 3.8) is 0 Å². The number of carboxylic acid groups (broad SMARTS) is 1. The summed E-state index contributed by atoms with van der Waals surface area (Å²) in [6.45, 7) is 6.93. The minimum Gasteiger partial charge on any atom is -0.480 e. The van der Waals surface area contributed by atoms with E-state index in [1.54, 1.807) is 27.7 Å². The summed E-state index contributed by atoms with van der Waals surface area (Å²) in [6.07, 6.45) is -0.372. The van der Waals surface area contributed by atoms with E-state index in [1.165, 1.54) is 11.8 Å². The summed E-state index contributed by atoms with van der Waals surface area (Å²) < 4.78 is 5.02. The van der Waals surface area contributed by atoms with Crippen LogP contribution in [0.15, 0.2) is 0 Å². The highest BCUT2D eigenvalue weighted by molar-refractivity contribution is 7.99. The van der Waals surface area contributed by atoms with Crippen molar-refractivity contribution in [1.82, 2.24) is 5.32 Å². The van der Waals surface area contributed by atoms with E-state index in [0.717, 1.165) is 0 Å². The van der Waals surface area contributed by atoms with E-state index in [9.17, 15) is 9.59 Å². The van der Waals surface area contributed by atoms with Crippen LogP contribution in [0.2, 0.25) is 0 Å². The Kier molecular flexibility index (Phi) is 8.08. The van der Waals surface area contributed by atoms with E-state index >= 15 is 0 Å². The van der Waals surface area contributed by atoms with Gasteiger partial charge in [-0.15, -0.1) is 17.7 Å². The molecule has 2 N–H and O–H groups in total. The lowest BCUT2D eigenvalue weighted by molar-refractivity contribution is -0.139. The summed E-state index contributed by atoms with van der Waals surface area (Å²) in [5, 5.41) is 11.4. The molecule has 0 bridgehead atoms. The molecule has 0 aromatic heterocycles. The number of ether oxygens (including phenoxy) is 1. The van der Waals surface area contributed by atoms with Gasteiger partial charge in [0.15, 0.2) is 0 Å². The lowest BCUT2D eigenvalue weighted by Crippen LogP contribution is -2.43. The molecule has 1 atom stereocenters. The van der Waals surface area contributed by atoms with E-state index in [2.05, 4.69) is 17.2 Å². The lowest BCUT2D eigenvalue weighted by Gasteiger charge is -2.21. The molecule has 108 valence electrons. The highest BCUT2D eigenvalue weighted by Crippen LogP contribution is 2.08. The number of hydrogen-bond acceptors (Lipinski definition) is 4. The van der Waals surface area contributed by atoms with Crippen molar-refractivity contribution in [2.75, 3.05) is 11.5 Å². The normalized spacial score (nSPS) is 12.0. The summed E-state index contributed by atoms with van der Waals surface area (Å²) in [6, 6.07) is -0.933. The molecule has 0 saturated heterocycles. The third-order valence-electron chi connectivity index (χ3n) is 1.89. The van der Waals surface area contributed by atoms with Crippen molar-refractivity contribution >= 4 is 23.8 Å². The minimum absolute atomic E-state index is 0.338. The van der Waals surface area contributed by atoms with E-state index < -0.39 is 23.7 Å². The molecule has 0 radical (unpaired) electrons. The number of carbonyl (C=O) groups is 2. The maximum Gasteiger partial charge on any atom is 0.408 e. The number of alkyl carbamates (subject to hydrolysis) is 1. The number of rotatable bonds is 6. The van der Waals surface area contributed by atoms with E-state index in [0.29, 0.717) is 17.9 Å². The Labute approximate surface area is 118 Å². The van der Waals surface area contributed by atoms with E-state index in [-0.39, 0.29) is 0 Å². The van der Waals surface area contributed by atoms with Crippen LogP contribution < -0.4 is 5.32 Å². The summed E-state index contributed by atoms with van der Waals surface area (Å²) in [5.41, 5.74) is -0.640. The predicted octanol–water partition coefficient (Wildman–Crippen LogP) is 2.11. The first-order chi connectivity index (χ1) is 8.76. The molecule has 0 aromatic rings. The second-order valence-electron chi connectivity index (χ2n) is 4.81. The molecular weight excluding hydrogens is 266 g/mol. The fourth-order valence-electron chi connectivity index (χ4n) is 1.10. The second kappa shape index (κ2) is 8.70. The van der Waals surface area contributed by atoms with Crippen LogP contribution in [0.25, 0.3) is 0 Å². The molecule has 6 heteroatoms. The van der Waals surface area contributed by atoms with Gasteiger partial charge < -0.3 is 15.2 Å². The Balaban J connectivity index is 4.14. The number of nitrogens with one attached hydrogen (secondary N) is 1. The van der Waals surface area contributed by atoms with Gasteiger partial charge in [0.25, 0.3) is 0 Å². The Morgan fingerprint density at radius 2 is 2.05 bits per heavy atom. The molecule has 0 aliphatic carbocycles. The predicted molar refractivity (Wildman–Crippen MR) is 76.2 cm³/mol. The lowest BCUT2D eigenvalue weighted by atomic mass is 10.2. The Morgan fingerprint density at radius 3 is 2.53 bits per heavy atom. The number of aliphatic carboxylic acids is 1. The van der Waals surface area contributed by atoms with Crippen molar-refractivity contribution in [1.29, 1.82) is 0 Å². The zero-order valence-electron chi connectivity index (χ0n) is 11.8. The number of carboxylic acids is 1. The molecule has 1 unspecified atom stereocenters. The zero-order chi connectivity index (χ0) is 14.9. The van der Waals surface area contributed by atoms with Crippen LogP contribution in [0.1, 0.15) is 34.1 Å². The van der Waals surface area contributed by atoms with Crippen LogP contribution >= 0.6 is 11.8 Å². The molecule has 19 heavy (non-hydrogen) atoms. The van der Waals surface area contributed by atoms with Gasteiger partial charge in [-0.2, -0.15) is 0 Å². The van der Waals surface area contributed by atoms with Crippen LogP contribution in [0, 0.1) is 11.8 Å². The maximum absolute atomic E-state index is 11.5. The molecule has 0 saturated carbocycles. The number of thioether (sulfide) groups is 1. The SMILES string of the molecule is CC#CCSCCC(NC(=O)OC(C)(C)C)C(=O)O. The van der Waals surface area contributed by atoms with E-state index in [1.807, 2.05) is 0 Å². The Hall–Kier alpha value is -1.35. The Morgan fingerprint density at radius 1 is 1.42 bits per heavy atom. The molecule has 0 heterocycles. The van der Waals surface area contributed by atoms with Gasteiger partial charge in [-0.3, -0.25) is 0 Å². The summed E-state index contributed by atoms with van der Waals surface area (Å²) in [4.78, 5) is 22.5.